The highest BCUT2D eigenvalue weighted by Gasteiger charge is 2.22. The summed E-state index contributed by atoms with van der Waals surface area (Å²) in [6, 6.07) is 0.103. The van der Waals surface area contributed by atoms with Crippen LogP contribution in [0.3, 0.4) is 0 Å². The molecule has 0 bridgehead atoms. The van der Waals surface area contributed by atoms with Crippen LogP contribution < -0.4 is 5.73 Å². The van der Waals surface area contributed by atoms with Crippen molar-refractivity contribution in [3.63, 3.8) is 0 Å². The van der Waals surface area contributed by atoms with Crippen LogP contribution in [0, 0.1) is 0 Å². The van der Waals surface area contributed by atoms with Crippen LogP contribution in [0.15, 0.2) is 11.1 Å². The van der Waals surface area contributed by atoms with Crippen molar-refractivity contribution < 1.29 is 4.74 Å². The standard InChI is InChI=1S/C9H17BrN2O/c1-7(10)5-12-3-4-13-9(6-12)8(2)11/h8-9H,1,3-6,11H2,2H3. The van der Waals surface area contributed by atoms with E-state index < -0.39 is 0 Å². The summed E-state index contributed by atoms with van der Waals surface area (Å²) in [4.78, 5) is 2.30. The van der Waals surface area contributed by atoms with Crippen molar-refractivity contribution in [2.45, 2.75) is 19.1 Å². The second kappa shape index (κ2) is 5.10. The smallest absolute Gasteiger partial charge is 0.0850 e. The highest BCUT2D eigenvalue weighted by Crippen LogP contribution is 2.11. The molecule has 1 aliphatic rings. The van der Waals surface area contributed by atoms with Crippen molar-refractivity contribution in [1.82, 2.24) is 4.90 Å². The van der Waals surface area contributed by atoms with E-state index in [2.05, 4.69) is 27.4 Å². The average Bonchev–Trinajstić information content (AvgIpc) is 2.03. The van der Waals surface area contributed by atoms with E-state index >= 15 is 0 Å². The van der Waals surface area contributed by atoms with Gasteiger partial charge in [-0.1, -0.05) is 22.5 Å². The minimum absolute atomic E-state index is 0.103. The Morgan fingerprint density at radius 2 is 2.54 bits per heavy atom. The van der Waals surface area contributed by atoms with Crippen molar-refractivity contribution >= 4 is 15.9 Å². The summed E-state index contributed by atoms with van der Waals surface area (Å²) in [5.74, 6) is 0. The van der Waals surface area contributed by atoms with Crippen molar-refractivity contribution in [2.24, 2.45) is 5.73 Å². The zero-order valence-corrected chi connectivity index (χ0v) is 9.59. The molecule has 13 heavy (non-hydrogen) atoms. The number of rotatable bonds is 3. The van der Waals surface area contributed by atoms with Crippen LogP contribution in [0.4, 0.5) is 0 Å². The molecule has 2 atom stereocenters. The normalized spacial score (nSPS) is 27.2. The van der Waals surface area contributed by atoms with Crippen molar-refractivity contribution in [1.29, 1.82) is 0 Å². The van der Waals surface area contributed by atoms with E-state index in [1.807, 2.05) is 6.92 Å². The Bertz CT molecular complexity index is 184. The molecule has 1 fully saturated rings. The molecule has 1 aliphatic heterocycles. The Kier molecular flexibility index (Phi) is 4.38. The molecule has 0 spiro atoms. The molecule has 4 heteroatoms. The molecule has 0 radical (unpaired) electrons. The van der Waals surface area contributed by atoms with Gasteiger partial charge in [0.2, 0.25) is 0 Å². The SMILES string of the molecule is C=C(Br)CN1CCOC(C(C)N)C1. The number of hydrogen-bond acceptors (Lipinski definition) is 3. The molecule has 0 aromatic heterocycles. The summed E-state index contributed by atoms with van der Waals surface area (Å²) in [6.07, 6.45) is 0.167. The number of halogens is 1. The maximum atomic E-state index is 5.77. The first kappa shape index (κ1) is 11.2. The van der Waals surface area contributed by atoms with Crippen LogP contribution in [0.2, 0.25) is 0 Å². The van der Waals surface area contributed by atoms with E-state index in [0.717, 1.165) is 30.7 Å². The first-order valence-electron chi connectivity index (χ1n) is 4.52. The lowest BCUT2D eigenvalue weighted by Gasteiger charge is -2.34. The zero-order valence-electron chi connectivity index (χ0n) is 8.00. The minimum atomic E-state index is 0.103. The lowest BCUT2D eigenvalue weighted by molar-refractivity contribution is -0.0340. The van der Waals surface area contributed by atoms with E-state index in [0.29, 0.717) is 0 Å². The predicted octanol–water partition coefficient (Wildman–Crippen LogP) is 0.943. The molecule has 0 aromatic carbocycles. The Morgan fingerprint density at radius 1 is 1.85 bits per heavy atom. The summed E-state index contributed by atoms with van der Waals surface area (Å²) in [5.41, 5.74) is 5.77. The fourth-order valence-corrected chi connectivity index (χ4v) is 1.79. The third-order valence-electron chi connectivity index (χ3n) is 2.16. The van der Waals surface area contributed by atoms with Gasteiger partial charge in [-0.15, -0.1) is 0 Å². The molecule has 1 rings (SSSR count). The lowest BCUT2D eigenvalue weighted by Crippen LogP contribution is -2.49. The topological polar surface area (TPSA) is 38.5 Å². The molecule has 76 valence electrons. The molecule has 0 amide bonds. The maximum Gasteiger partial charge on any atom is 0.0850 e. The quantitative estimate of drug-likeness (QED) is 0.809. The second-order valence-corrected chi connectivity index (χ2v) is 4.64. The van der Waals surface area contributed by atoms with Gasteiger partial charge in [0.15, 0.2) is 0 Å². The third-order valence-corrected chi connectivity index (χ3v) is 2.41. The minimum Gasteiger partial charge on any atom is -0.374 e. The molecule has 0 saturated carbocycles. The van der Waals surface area contributed by atoms with Crippen LogP contribution >= 0.6 is 15.9 Å². The van der Waals surface area contributed by atoms with Gasteiger partial charge < -0.3 is 10.5 Å². The Morgan fingerprint density at radius 3 is 3.08 bits per heavy atom. The molecule has 1 heterocycles. The summed E-state index contributed by atoms with van der Waals surface area (Å²) < 4.78 is 6.55. The number of nitrogens with two attached hydrogens (primary N) is 1. The van der Waals surface area contributed by atoms with Crippen LogP contribution in [0.5, 0.6) is 0 Å². The molecular weight excluding hydrogens is 232 g/mol. The molecular formula is C9H17BrN2O. The van der Waals surface area contributed by atoms with Gasteiger partial charge in [0.1, 0.15) is 0 Å². The van der Waals surface area contributed by atoms with Crippen molar-refractivity contribution in [3.8, 4) is 0 Å². The van der Waals surface area contributed by atoms with E-state index in [1.165, 1.54) is 0 Å². The van der Waals surface area contributed by atoms with Gasteiger partial charge in [-0.05, 0) is 6.92 Å². The highest BCUT2D eigenvalue weighted by molar-refractivity contribution is 9.11. The van der Waals surface area contributed by atoms with Crippen LogP contribution in [-0.4, -0.2) is 43.3 Å². The average molecular weight is 249 g/mol. The van der Waals surface area contributed by atoms with Crippen LogP contribution in [0.25, 0.3) is 0 Å². The summed E-state index contributed by atoms with van der Waals surface area (Å²) >= 11 is 3.36. The van der Waals surface area contributed by atoms with Gasteiger partial charge in [-0.3, -0.25) is 4.90 Å². The van der Waals surface area contributed by atoms with E-state index in [-0.39, 0.29) is 12.1 Å². The molecule has 2 unspecified atom stereocenters. The number of ether oxygens (including phenoxy) is 1. The lowest BCUT2D eigenvalue weighted by atomic mass is 10.1. The third kappa shape index (κ3) is 3.77. The van der Waals surface area contributed by atoms with Gasteiger partial charge in [-0.2, -0.15) is 0 Å². The van der Waals surface area contributed by atoms with Gasteiger partial charge in [-0.25, -0.2) is 0 Å². The second-order valence-electron chi connectivity index (χ2n) is 3.52. The van der Waals surface area contributed by atoms with E-state index in [9.17, 15) is 0 Å². The fraction of sp³-hybridized carbons (Fsp3) is 0.778. The number of hydrogen-bond donors (Lipinski definition) is 1. The molecule has 0 aliphatic carbocycles. The Balaban J connectivity index is 2.37. The zero-order chi connectivity index (χ0) is 9.84. The number of nitrogens with zero attached hydrogens (tertiary/aromatic N) is 1. The largest absolute Gasteiger partial charge is 0.374 e. The summed E-state index contributed by atoms with van der Waals surface area (Å²) in [6.45, 7) is 9.33. The summed E-state index contributed by atoms with van der Waals surface area (Å²) in [7, 11) is 0. The van der Waals surface area contributed by atoms with Gasteiger partial charge in [0.05, 0.1) is 12.7 Å². The van der Waals surface area contributed by atoms with E-state index in [4.69, 9.17) is 10.5 Å². The van der Waals surface area contributed by atoms with Crippen LogP contribution in [0.1, 0.15) is 6.92 Å². The van der Waals surface area contributed by atoms with Gasteiger partial charge in [0.25, 0.3) is 0 Å². The molecule has 0 aromatic rings. The molecule has 2 N–H and O–H groups in total. The fourth-order valence-electron chi connectivity index (χ4n) is 1.44. The molecule has 3 nitrogen and oxygen atoms in total. The summed E-state index contributed by atoms with van der Waals surface area (Å²) in [5, 5.41) is 0. The Hall–Kier alpha value is 0.1000. The first-order chi connectivity index (χ1) is 6.09. The van der Waals surface area contributed by atoms with Crippen molar-refractivity contribution in [3.05, 3.63) is 11.1 Å². The van der Waals surface area contributed by atoms with Gasteiger partial charge >= 0.3 is 0 Å². The highest BCUT2D eigenvalue weighted by atomic mass is 79.9. The first-order valence-corrected chi connectivity index (χ1v) is 5.31. The van der Waals surface area contributed by atoms with Crippen molar-refractivity contribution in [2.75, 3.05) is 26.2 Å². The van der Waals surface area contributed by atoms with Gasteiger partial charge in [0, 0.05) is 30.2 Å². The predicted molar refractivity (Wildman–Crippen MR) is 57.9 cm³/mol. The Labute approximate surface area is 88.0 Å². The van der Waals surface area contributed by atoms with E-state index in [1.54, 1.807) is 0 Å². The maximum absolute atomic E-state index is 5.77. The van der Waals surface area contributed by atoms with Crippen LogP contribution in [-0.2, 0) is 4.74 Å². The number of morpholine rings is 1. The molecule has 1 saturated heterocycles. The monoisotopic (exact) mass is 248 g/mol.